The number of aromatic nitrogens is 1. The van der Waals surface area contributed by atoms with Gasteiger partial charge in [0.1, 0.15) is 5.69 Å². The third-order valence-corrected chi connectivity index (χ3v) is 3.58. The van der Waals surface area contributed by atoms with Crippen LogP contribution in [0.1, 0.15) is 37.7 Å². The molecule has 0 spiro atoms. The molecule has 19 heavy (non-hydrogen) atoms. The molecule has 1 heterocycles. The molecular formula is C14H24BrN3O. The summed E-state index contributed by atoms with van der Waals surface area (Å²) in [5.74, 6) is 0.0663. The van der Waals surface area contributed by atoms with Gasteiger partial charge in [-0.05, 0) is 40.4 Å². The molecule has 1 aromatic heterocycles. The molecule has 0 radical (unpaired) electrons. The quantitative estimate of drug-likeness (QED) is 0.872. The van der Waals surface area contributed by atoms with Crippen molar-refractivity contribution >= 4 is 21.8 Å². The lowest BCUT2D eigenvalue weighted by atomic mass is 9.93. The van der Waals surface area contributed by atoms with Crippen molar-refractivity contribution in [1.29, 1.82) is 0 Å². The van der Waals surface area contributed by atoms with E-state index >= 15 is 0 Å². The molecule has 1 amide bonds. The third kappa shape index (κ3) is 4.35. The van der Waals surface area contributed by atoms with Crippen LogP contribution in [0.4, 0.5) is 0 Å². The maximum Gasteiger partial charge on any atom is 0.270 e. The Kier molecular flexibility index (Phi) is 5.62. The predicted octanol–water partition coefficient (Wildman–Crippen LogP) is 2.62. The van der Waals surface area contributed by atoms with Gasteiger partial charge in [0.15, 0.2) is 0 Å². The Balaban J connectivity index is 2.93. The van der Waals surface area contributed by atoms with E-state index < -0.39 is 0 Å². The number of hydrogen-bond acceptors (Lipinski definition) is 2. The summed E-state index contributed by atoms with van der Waals surface area (Å²) in [6.45, 7) is 8.26. The minimum atomic E-state index is -0.0623. The van der Waals surface area contributed by atoms with Crippen molar-refractivity contribution in [2.24, 2.45) is 18.2 Å². The number of hydrogen-bond donors (Lipinski definition) is 1. The van der Waals surface area contributed by atoms with Gasteiger partial charge in [0.2, 0.25) is 0 Å². The highest BCUT2D eigenvalue weighted by atomic mass is 79.9. The van der Waals surface area contributed by atoms with Gasteiger partial charge in [-0.3, -0.25) is 4.79 Å². The molecule has 0 saturated heterocycles. The molecule has 0 fully saturated rings. The SMILES string of the molecule is CCCN(CC(C)(C)CN)C(=O)c1cc(Br)cn1C. The Labute approximate surface area is 124 Å². The van der Waals surface area contributed by atoms with Crippen LogP contribution in [0.15, 0.2) is 16.7 Å². The van der Waals surface area contributed by atoms with Crippen molar-refractivity contribution in [2.45, 2.75) is 27.2 Å². The average Bonchev–Trinajstić information content (AvgIpc) is 2.67. The minimum Gasteiger partial charge on any atom is -0.345 e. The maximum atomic E-state index is 12.6. The van der Waals surface area contributed by atoms with Crippen molar-refractivity contribution in [3.05, 3.63) is 22.4 Å². The van der Waals surface area contributed by atoms with Gasteiger partial charge in [-0.25, -0.2) is 0 Å². The van der Waals surface area contributed by atoms with Crippen LogP contribution in [-0.4, -0.2) is 35.0 Å². The zero-order chi connectivity index (χ0) is 14.6. The highest BCUT2D eigenvalue weighted by Crippen LogP contribution is 2.19. The fraction of sp³-hybridized carbons (Fsp3) is 0.643. The molecule has 2 N–H and O–H groups in total. The van der Waals surface area contributed by atoms with E-state index in [0.29, 0.717) is 18.8 Å². The standard InChI is InChI=1S/C14H24BrN3O/c1-5-6-18(10-14(2,3)9-16)13(19)12-7-11(15)8-17(12)4/h7-8H,5-6,9-10,16H2,1-4H3. The molecule has 0 unspecified atom stereocenters. The smallest absolute Gasteiger partial charge is 0.270 e. The third-order valence-electron chi connectivity index (χ3n) is 3.14. The van der Waals surface area contributed by atoms with E-state index in [1.807, 2.05) is 28.8 Å². The van der Waals surface area contributed by atoms with Crippen molar-refractivity contribution in [3.63, 3.8) is 0 Å². The van der Waals surface area contributed by atoms with Crippen molar-refractivity contribution in [3.8, 4) is 0 Å². The van der Waals surface area contributed by atoms with E-state index in [2.05, 4.69) is 36.7 Å². The minimum absolute atomic E-state index is 0.0623. The topological polar surface area (TPSA) is 51.3 Å². The fourth-order valence-electron chi connectivity index (χ4n) is 2.00. The van der Waals surface area contributed by atoms with Gasteiger partial charge in [0.25, 0.3) is 5.91 Å². The zero-order valence-electron chi connectivity index (χ0n) is 12.2. The van der Waals surface area contributed by atoms with Crippen LogP contribution in [0, 0.1) is 5.41 Å². The van der Waals surface area contributed by atoms with E-state index in [-0.39, 0.29) is 11.3 Å². The summed E-state index contributed by atoms with van der Waals surface area (Å²) in [7, 11) is 1.89. The monoisotopic (exact) mass is 329 g/mol. The highest BCUT2D eigenvalue weighted by molar-refractivity contribution is 9.10. The second kappa shape index (κ2) is 6.57. The number of rotatable bonds is 6. The molecule has 108 valence electrons. The zero-order valence-corrected chi connectivity index (χ0v) is 13.8. The second-order valence-electron chi connectivity index (χ2n) is 5.75. The summed E-state index contributed by atoms with van der Waals surface area (Å²) in [5.41, 5.74) is 6.41. The molecule has 0 bridgehead atoms. The molecular weight excluding hydrogens is 306 g/mol. The lowest BCUT2D eigenvalue weighted by Crippen LogP contribution is -2.42. The van der Waals surface area contributed by atoms with Gasteiger partial charge >= 0.3 is 0 Å². The normalized spacial score (nSPS) is 11.7. The van der Waals surface area contributed by atoms with E-state index in [0.717, 1.165) is 17.4 Å². The average molecular weight is 330 g/mol. The second-order valence-corrected chi connectivity index (χ2v) is 6.67. The maximum absolute atomic E-state index is 12.6. The summed E-state index contributed by atoms with van der Waals surface area (Å²) in [6.07, 6.45) is 2.84. The van der Waals surface area contributed by atoms with Gasteiger partial charge in [0, 0.05) is 30.8 Å². The number of nitrogens with zero attached hydrogens (tertiary/aromatic N) is 2. The Hall–Kier alpha value is -0.810. The first kappa shape index (κ1) is 16.2. The van der Waals surface area contributed by atoms with E-state index in [9.17, 15) is 4.79 Å². The van der Waals surface area contributed by atoms with E-state index in [1.165, 1.54) is 0 Å². The highest BCUT2D eigenvalue weighted by Gasteiger charge is 2.25. The molecule has 0 aliphatic rings. The van der Waals surface area contributed by atoms with Crippen molar-refractivity contribution in [1.82, 2.24) is 9.47 Å². The van der Waals surface area contributed by atoms with Crippen LogP contribution < -0.4 is 5.73 Å². The molecule has 0 atom stereocenters. The van der Waals surface area contributed by atoms with Gasteiger partial charge in [0.05, 0.1) is 0 Å². The van der Waals surface area contributed by atoms with Crippen LogP contribution in [-0.2, 0) is 7.05 Å². The summed E-state index contributed by atoms with van der Waals surface area (Å²) in [6, 6.07) is 1.86. The Morgan fingerprint density at radius 2 is 2.16 bits per heavy atom. The summed E-state index contributed by atoms with van der Waals surface area (Å²) in [5, 5.41) is 0. The lowest BCUT2D eigenvalue weighted by Gasteiger charge is -2.31. The van der Waals surface area contributed by atoms with Crippen LogP contribution >= 0.6 is 15.9 Å². The first-order valence-corrected chi connectivity index (χ1v) is 7.41. The summed E-state index contributed by atoms with van der Waals surface area (Å²) in [4.78, 5) is 14.5. The first-order valence-electron chi connectivity index (χ1n) is 6.62. The van der Waals surface area contributed by atoms with Crippen molar-refractivity contribution < 1.29 is 4.79 Å². The molecule has 5 heteroatoms. The fourth-order valence-corrected chi connectivity index (χ4v) is 2.53. The van der Waals surface area contributed by atoms with Gasteiger partial charge in [-0.15, -0.1) is 0 Å². The lowest BCUT2D eigenvalue weighted by molar-refractivity contribution is 0.0680. The van der Waals surface area contributed by atoms with Crippen LogP contribution in [0.5, 0.6) is 0 Å². The molecule has 0 aliphatic heterocycles. The molecule has 0 saturated carbocycles. The Bertz CT molecular complexity index is 440. The summed E-state index contributed by atoms with van der Waals surface area (Å²) >= 11 is 3.40. The van der Waals surface area contributed by atoms with E-state index in [4.69, 9.17) is 5.73 Å². The number of amides is 1. The molecule has 1 aromatic rings. The first-order chi connectivity index (χ1) is 8.80. The van der Waals surface area contributed by atoms with Crippen LogP contribution in [0.3, 0.4) is 0 Å². The van der Waals surface area contributed by atoms with Gasteiger partial charge in [-0.2, -0.15) is 0 Å². The molecule has 1 rings (SSSR count). The molecule has 4 nitrogen and oxygen atoms in total. The molecule has 0 aliphatic carbocycles. The predicted molar refractivity (Wildman–Crippen MR) is 82.1 cm³/mol. The number of nitrogens with two attached hydrogens (primary N) is 1. The van der Waals surface area contributed by atoms with Gasteiger partial charge < -0.3 is 15.2 Å². The Morgan fingerprint density at radius 1 is 1.53 bits per heavy atom. The van der Waals surface area contributed by atoms with Crippen molar-refractivity contribution in [2.75, 3.05) is 19.6 Å². The van der Waals surface area contributed by atoms with E-state index in [1.54, 1.807) is 0 Å². The largest absolute Gasteiger partial charge is 0.345 e. The summed E-state index contributed by atoms with van der Waals surface area (Å²) < 4.78 is 2.78. The van der Waals surface area contributed by atoms with Crippen LogP contribution in [0.2, 0.25) is 0 Å². The number of halogens is 1. The number of carbonyl (C=O) groups excluding carboxylic acids is 1. The van der Waals surface area contributed by atoms with Crippen LogP contribution in [0.25, 0.3) is 0 Å². The Morgan fingerprint density at radius 3 is 2.58 bits per heavy atom. The molecule has 0 aromatic carbocycles. The number of aryl methyl sites for hydroxylation is 1. The number of carbonyl (C=O) groups is 1. The van der Waals surface area contributed by atoms with Gasteiger partial charge in [-0.1, -0.05) is 20.8 Å².